The molecule has 0 radical (unpaired) electrons. The van der Waals surface area contributed by atoms with Gasteiger partial charge < -0.3 is 9.84 Å². The smallest absolute Gasteiger partial charge is 0.0576 e. The van der Waals surface area contributed by atoms with Crippen LogP contribution in [0.15, 0.2) is 0 Å². The molecule has 1 saturated heterocycles. The SMILES string of the molecule is OC(CCCC1CCCO1)CCC1CCCCC1. The summed E-state index contributed by atoms with van der Waals surface area (Å²) in [5.41, 5.74) is 0. The van der Waals surface area contributed by atoms with Crippen molar-refractivity contribution in [3.8, 4) is 0 Å². The predicted molar refractivity (Wildman–Crippen MR) is 74.6 cm³/mol. The van der Waals surface area contributed by atoms with E-state index in [0.29, 0.717) is 6.10 Å². The summed E-state index contributed by atoms with van der Waals surface area (Å²) < 4.78 is 5.61. The summed E-state index contributed by atoms with van der Waals surface area (Å²) in [6, 6.07) is 0. The van der Waals surface area contributed by atoms with Crippen LogP contribution < -0.4 is 0 Å². The second-order valence-electron chi connectivity index (χ2n) is 6.30. The third-order valence-corrected chi connectivity index (χ3v) is 4.72. The van der Waals surface area contributed by atoms with E-state index in [2.05, 4.69) is 0 Å². The van der Waals surface area contributed by atoms with Crippen molar-refractivity contribution in [1.29, 1.82) is 0 Å². The number of hydrogen-bond donors (Lipinski definition) is 1. The maximum absolute atomic E-state index is 10.0. The van der Waals surface area contributed by atoms with Gasteiger partial charge >= 0.3 is 0 Å². The van der Waals surface area contributed by atoms with Gasteiger partial charge in [0.25, 0.3) is 0 Å². The summed E-state index contributed by atoms with van der Waals surface area (Å²) in [6.07, 6.45) is 15.5. The molecule has 0 spiro atoms. The average molecular weight is 254 g/mol. The molecule has 2 rings (SSSR count). The van der Waals surface area contributed by atoms with Crippen molar-refractivity contribution in [3.63, 3.8) is 0 Å². The molecule has 2 unspecified atom stereocenters. The molecule has 0 aromatic carbocycles. The molecule has 2 atom stereocenters. The predicted octanol–water partition coefficient (Wildman–Crippen LogP) is 4.06. The second kappa shape index (κ2) is 8.16. The van der Waals surface area contributed by atoms with E-state index in [9.17, 15) is 5.11 Å². The Morgan fingerprint density at radius 1 is 0.944 bits per heavy atom. The molecule has 106 valence electrons. The fourth-order valence-corrected chi connectivity index (χ4v) is 3.50. The van der Waals surface area contributed by atoms with Gasteiger partial charge in [-0.15, -0.1) is 0 Å². The summed E-state index contributed by atoms with van der Waals surface area (Å²) in [5.74, 6) is 0.909. The van der Waals surface area contributed by atoms with E-state index in [1.165, 1.54) is 51.4 Å². The molecule has 0 aromatic rings. The minimum absolute atomic E-state index is 0.0617. The summed E-state index contributed by atoms with van der Waals surface area (Å²) >= 11 is 0. The van der Waals surface area contributed by atoms with Gasteiger partial charge in [0, 0.05) is 6.61 Å². The fourth-order valence-electron chi connectivity index (χ4n) is 3.50. The van der Waals surface area contributed by atoms with Crippen molar-refractivity contribution in [2.45, 2.75) is 89.3 Å². The van der Waals surface area contributed by atoms with Crippen LogP contribution in [0.1, 0.15) is 77.0 Å². The van der Waals surface area contributed by atoms with Crippen molar-refractivity contribution in [3.05, 3.63) is 0 Å². The highest BCUT2D eigenvalue weighted by atomic mass is 16.5. The van der Waals surface area contributed by atoms with E-state index in [1.54, 1.807) is 0 Å². The molecule has 1 aliphatic heterocycles. The molecule has 1 N–H and O–H groups in total. The molecule has 0 bridgehead atoms. The maximum Gasteiger partial charge on any atom is 0.0576 e. The molecular formula is C16H30O2. The molecule has 1 heterocycles. The minimum atomic E-state index is -0.0617. The minimum Gasteiger partial charge on any atom is -0.393 e. The highest BCUT2D eigenvalue weighted by molar-refractivity contribution is 4.69. The summed E-state index contributed by atoms with van der Waals surface area (Å²) in [7, 11) is 0. The number of rotatable bonds is 7. The van der Waals surface area contributed by atoms with Crippen LogP contribution in [0.2, 0.25) is 0 Å². The molecule has 18 heavy (non-hydrogen) atoms. The lowest BCUT2D eigenvalue weighted by molar-refractivity contribution is 0.0915. The monoisotopic (exact) mass is 254 g/mol. The highest BCUT2D eigenvalue weighted by Crippen LogP contribution is 2.28. The van der Waals surface area contributed by atoms with Gasteiger partial charge in [0.15, 0.2) is 0 Å². The summed E-state index contributed by atoms with van der Waals surface area (Å²) in [4.78, 5) is 0. The van der Waals surface area contributed by atoms with Crippen molar-refractivity contribution in [2.75, 3.05) is 6.61 Å². The normalized spacial score (nSPS) is 27.5. The van der Waals surface area contributed by atoms with Crippen molar-refractivity contribution in [2.24, 2.45) is 5.92 Å². The van der Waals surface area contributed by atoms with Gasteiger partial charge in [0.05, 0.1) is 12.2 Å². The lowest BCUT2D eigenvalue weighted by Gasteiger charge is -2.22. The van der Waals surface area contributed by atoms with E-state index in [0.717, 1.165) is 38.2 Å². The van der Waals surface area contributed by atoms with Gasteiger partial charge in [0.1, 0.15) is 0 Å². The Balaban J connectivity index is 1.47. The fraction of sp³-hybridized carbons (Fsp3) is 1.00. The van der Waals surface area contributed by atoms with Crippen LogP contribution >= 0.6 is 0 Å². The Morgan fingerprint density at radius 2 is 1.78 bits per heavy atom. The standard InChI is InChI=1S/C16H30O2/c17-15(8-4-9-16-10-5-13-18-16)12-11-14-6-2-1-3-7-14/h14-17H,1-13H2. The van der Waals surface area contributed by atoms with E-state index in [4.69, 9.17) is 4.74 Å². The summed E-state index contributed by atoms with van der Waals surface area (Å²) in [5, 5.41) is 10.0. The van der Waals surface area contributed by atoms with E-state index in [1.807, 2.05) is 0 Å². The van der Waals surface area contributed by atoms with Crippen molar-refractivity contribution >= 4 is 0 Å². The Bertz CT molecular complexity index is 205. The lowest BCUT2D eigenvalue weighted by atomic mass is 9.85. The van der Waals surface area contributed by atoms with Crippen molar-refractivity contribution in [1.82, 2.24) is 0 Å². The van der Waals surface area contributed by atoms with Crippen molar-refractivity contribution < 1.29 is 9.84 Å². The molecule has 1 aliphatic carbocycles. The molecule has 0 aromatic heterocycles. The molecule has 2 heteroatoms. The molecule has 2 nitrogen and oxygen atoms in total. The topological polar surface area (TPSA) is 29.5 Å². The number of aliphatic hydroxyl groups excluding tert-OH is 1. The van der Waals surface area contributed by atoms with Crippen LogP contribution in [-0.4, -0.2) is 23.9 Å². The number of hydrogen-bond acceptors (Lipinski definition) is 2. The largest absolute Gasteiger partial charge is 0.393 e. The van der Waals surface area contributed by atoms with Crippen LogP contribution in [-0.2, 0) is 4.74 Å². The molecule has 1 saturated carbocycles. The van der Waals surface area contributed by atoms with E-state index >= 15 is 0 Å². The Morgan fingerprint density at radius 3 is 2.50 bits per heavy atom. The molecule has 0 amide bonds. The van der Waals surface area contributed by atoms with Gasteiger partial charge in [0.2, 0.25) is 0 Å². The molecular weight excluding hydrogens is 224 g/mol. The van der Waals surface area contributed by atoms with Crippen LogP contribution in [0.25, 0.3) is 0 Å². The second-order valence-corrected chi connectivity index (χ2v) is 6.30. The van der Waals surface area contributed by atoms with Gasteiger partial charge in [-0.1, -0.05) is 32.1 Å². The third-order valence-electron chi connectivity index (χ3n) is 4.72. The zero-order chi connectivity index (χ0) is 12.6. The van der Waals surface area contributed by atoms with Crippen LogP contribution in [0.3, 0.4) is 0 Å². The Kier molecular flexibility index (Phi) is 6.50. The zero-order valence-electron chi connectivity index (χ0n) is 11.8. The van der Waals surface area contributed by atoms with Gasteiger partial charge in [-0.25, -0.2) is 0 Å². The summed E-state index contributed by atoms with van der Waals surface area (Å²) in [6.45, 7) is 0.953. The zero-order valence-corrected chi connectivity index (χ0v) is 11.8. The van der Waals surface area contributed by atoms with Crippen LogP contribution in [0, 0.1) is 5.92 Å². The number of ether oxygens (including phenoxy) is 1. The molecule has 2 aliphatic rings. The van der Waals surface area contributed by atoms with Crippen LogP contribution in [0.5, 0.6) is 0 Å². The Labute approximate surface area is 112 Å². The van der Waals surface area contributed by atoms with Gasteiger partial charge in [-0.05, 0) is 50.9 Å². The maximum atomic E-state index is 10.0. The first kappa shape index (κ1) is 14.3. The van der Waals surface area contributed by atoms with Gasteiger partial charge in [-0.3, -0.25) is 0 Å². The average Bonchev–Trinajstić information content (AvgIpc) is 2.91. The van der Waals surface area contributed by atoms with E-state index < -0.39 is 0 Å². The quantitative estimate of drug-likeness (QED) is 0.742. The first-order valence-electron chi connectivity index (χ1n) is 8.14. The van der Waals surface area contributed by atoms with Crippen LogP contribution in [0.4, 0.5) is 0 Å². The third kappa shape index (κ3) is 5.27. The molecule has 2 fully saturated rings. The first-order valence-corrected chi connectivity index (χ1v) is 8.14. The van der Waals surface area contributed by atoms with Gasteiger partial charge in [-0.2, -0.15) is 0 Å². The van der Waals surface area contributed by atoms with E-state index in [-0.39, 0.29) is 6.10 Å². The Hall–Kier alpha value is -0.0800. The first-order chi connectivity index (χ1) is 8.84. The highest BCUT2D eigenvalue weighted by Gasteiger charge is 2.17. The number of aliphatic hydroxyl groups is 1. The lowest BCUT2D eigenvalue weighted by Crippen LogP contribution is -2.13.